The monoisotopic (exact) mass is 718 g/mol. The molecular formula is C46H87NO4. The number of carbonyl (C=O) groups excluding carboxylic acids is 1. The minimum atomic E-state index is -0.950. The second kappa shape index (κ2) is 41.3. The summed E-state index contributed by atoms with van der Waals surface area (Å²) in [4.78, 5) is 12.4. The van der Waals surface area contributed by atoms with Gasteiger partial charge in [0.25, 0.3) is 0 Å². The maximum atomic E-state index is 12.4. The highest BCUT2D eigenvalue weighted by Gasteiger charge is 2.20. The van der Waals surface area contributed by atoms with Crippen molar-refractivity contribution in [1.82, 2.24) is 5.32 Å². The van der Waals surface area contributed by atoms with Gasteiger partial charge in [0.05, 0.1) is 31.3 Å². The smallest absolute Gasteiger partial charge is 0.222 e. The van der Waals surface area contributed by atoms with Crippen LogP contribution in [0.2, 0.25) is 0 Å². The van der Waals surface area contributed by atoms with Crippen LogP contribution in [0.25, 0.3) is 0 Å². The van der Waals surface area contributed by atoms with E-state index in [0.29, 0.717) is 6.42 Å². The molecule has 1 amide bonds. The first-order valence-corrected chi connectivity index (χ1v) is 22.3. The van der Waals surface area contributed by atoms with Crippen LogP contribution < -0.4 is 5.32 Å². The molecule has 0 radical (unpaired) electrons. The maximum Gasteiger partial charge on any atom is 0.222 e. The molecule has 300 valence electrons. The number of unbranched alkanes of at least 4 members (excludes halogenated alkanes) is 27. The van der Waals surface area contributed by atoms with Gasteiger partial charge in [-0.05, 0) is 57.8 Å². The van der Waals surface area contributed by atoms with E-state index < -0.39 is 18.2 Å². The molecule has 3 unspecified atom stereocenters. The second-order valence-electron chi connectivity index (χ2n) is 15.3. The largest absolute Gasteiger partial charge is 0.394 e. The Bertz CT molecular complexity index is 794. The zero-order valence-corrected chi connectivity index (χ0v) is 34.0. The number of amides is 1. The van der Waals surface area contributed by atoms with Gasteiger partial charge in [0.1, 0.15) is 0 Å². The van der Waals surface area contributed by atoms with Crippen LogP contribution in [-0.2, 0) is 4.79 Å². The molecule has 0 bridgehead atoms. The van der Waals surface area contributed by atoms with Crippen molar-refractivity contribution < 1.29 is 20.1 Å². The first-order valence-electron chi connectivity index (χ1n) is 22.3. The highest BCUT2D eigenvalue weighted by molar-refractivity contribution is 5.76. The van der Waals surface area contributed by atoms with Gasteiger partial charge in [-0.2, -0.15) is 0 Å². The van der Waals surface area contributed by atoms with E-state index in [4.69, 9.17) is 0 Å². The third kappa shape index (κ3) is 38.1. The van der Waals surface area contributed by atoms with Gasteiger partial charge < -0.3 is 20.6 Å². The number of aliphatic hydroxyl groups is 3. The Labute approximate surface area is 317 Å². The standard InChI is InChI=1S/C46H87NO4/c1-3-5-7-9-11-13-15-17-18-19-20-21-22-23-24-25-26-27-28-29-31-33-35-37-39-43(49)41-46(51)47-44(42-48)45(50)40-38-36-34-32-30-16-14-12-10-8-6-4-2/h23-24,30,32,38,40,43-45,48-50H,3-22,25-29,31,33-37,39,41-42H2,1-2H3,(H,47,51)/b24-23-,32-30+,40-38+. The van der Waals surface area contributed by atoms with E-state index >= 15 is 0 Å². The highest BCUT2D eigenvalue weighted by atomic mass is 16.3. The molecule has 0 saturated carbocycles. The summed E-state index contributed by atoms with van der Waals surface area (Å²) in [6.07, 6.45) is 51.5. The summed E-state index contributed by atoms with van der Waals surface area (Å²) in [7, 11) is 0. The van der Waals surface area contributed by atoms with Crippen LogP contribution in [-0.4, -0.2) is 46.1 Å². The average Bonchev–Trinajstić information content (AvgIpc) is 3.12. The molecule has 0 aliphatic heterocycles. The third-order valence-corrected chi connectivity index (χ3v) is 10.1. The zero-order valence-electron chi connectivity index (χ0n) is 34.0. The first-order chi connectivity index (χ1) is 25.0. The van der Waals surface area contributed by atoms with Gasteiger partial charge in [0.2, 0.25) is 5.91 Å². The number of nitrogens with one attached hydrogen (secondary N) is 1. The number of hydrogen-bond donors (Lipinski definition) is 4. The van der Waals surface area contributed by atoms with Gasteiger partial charge in [0, 0.05) is 0 Å². The molecule has 0 saturated heterocycles. The summed E-state index contributed by atoms with van der Waals surface area (Å²) < 4.78 is 0. The number of rotatable bonds is 40. The third-order valence-electron chi connectivity index (χ3n) is 10.1. The molecule has 0 aromatic heterocycles. The molecule has 0 aliphatic rings. The molecular weight excluding hydrogens is 631 g/mol. The first kappa shape index (κ1) is 49.6. The molecule has 51 heavy (non-hydrogen) atoms. The van der Waals surface area contributed by atoms with E-state index in [2.05, 4.69) is 43.5 Å². The molecule has 0 spiro atoms. The minimum Gasteiger partial charge on any atom is -0.394 e. The van der Waals surface area contributed by atoms with E-state index in [1.165, 1.54) is 167 Å². The molecule has 0 aliphatic carbocycles. The van der Waals surface area contributed by atoms with Gasteiger partial charge in [-0.15, -0.1) is 0 Å². The number of aliphatic hydroxyl groups excluding tert-OH is 3. The van der Waals surface area contributed by atoms with Crippen LogP contribution in [0, 0.1) is 0 Å². The van der Waals surface area contributed by atoms with E-state index in [1.54, 1.807) is 6.08 Å². The van der Waals surface area contributed by atoms with Crippen LogP contribution >= 0.6 is 0 Å². The molecule has 0 fully saturated rings. The van der Waals surface area contributed by atoms with E-state index in [0.717, 1.165) is 32.1 Å². The van der Waals surface area contributed by atoms with E-state index in [-0.39, 0.29) is 18.9 Å². The van der Waals surface area contributed by atoms with Crippen molar-refractivity contribution in [3.8, 4) is 0 Å². The molecule has 3 atom stereocenters. The van der Waals surface area contributed by atoms with Crippen molar-refractivity contribution in [3.05, 3.63) is 36.5 Å². The Morgan fingerprint density at radius 2 is 0.843 bits per heavy atom. The molecule has 0 heterocycles. The van der Waals surface area contributed by atoms with Crippen molar-refractivity contribution in [1.29, 1.82) is 0 Å². The Hall–Kier alpha value is -1.43. The fraction of sp³-hybridized carbons (Fsp3) is 0.848. The number of allylic oxidation sites excluding steroid dienone is 5. The van der Waals surface area contributed by atoms with Gasteiger partial charge in [-0.3, -0.25) is 4.79 Å². The molecule has 5 nitrogen and oxygen atoms in total. The molecule has 0 rings (SSSR count). The molecule has 0 aromatic rings. The lowest BCUT2D eigenvalue weighted by atomic mass is 10.0. The second-order valence-corrected chi connectivity index (χ2v) is 15.3. The summed E-state index contributed by atoms with van der Waals surface area (Å²) in [5, 5.41) is 33.1. The maximum absolute atomic E-state index is 12.4. The normalized spacial score (nSPS) is 13.9. The fourth-order valence-corrected chi connectivity index (χ4v) is 6.70. The van der Waals surface area contributed by atoms with Crippen molar-refractivity contribution >= 4 is 5.91 Å². The highest BCUT2D eigenvalue weighted by Crippen LogP contribution is 2.15. The summed E-state index contributed by atoms with van der Waals surface area (Å²) in [5.74, 6) is -0.328. The SMILES string of the molecule is CCCCCCCC/C=C/CC/C=C/C(O)C(CO)NC(=O)CC(O)CCCCCCCCCC/C=C\CCCCCCCCCCCCCC. The molecule has 4 N–H and O–H groups in total. The zero-order chi connectivity index (χ0) is 37.3. The average molecular weight is 718 g/mol. The van der Waals surface area contributed by atoms with Crippen molar-refractivity contribution in [2.75, 3.05) is 6.61 Å². The Morgan fingerprint density at radius 1 is 0.490 bits per heavy atom. The lowest BCUT2D eigenvalue weighted by Gasteiger charge is -2.21. The lowest BCUT2D eigenvalue weighted by molar-refractivity contribution is -0.124. The Morgan fingerprint density at radius 3 is 1.25 bits per heavy atom. The topological polar surface area (TPSA) is 89.8 Å². The number of carbonyl (C=O) groups is 1. The van der Waals surface area contributed by atoms with Crippen molar-refractivity contribution in [3.63, 3.8) is 0 Å². The minimum absolute atomic E-state index is 0.00410. The van der Waals surface area contributed by atoms with Crippen LogP contribution in [0.5, 0.6) is 0 Å². The summed E-state index contributed by atoms with van der Waals surface area (Å²) >= 11 is 0. The quantitative estimate of drug-likeness (QED) is 0.0375. The fourth-order valence-electron chi connectivity index (χ4n) is 6.70. The van der Waals surface area contributed by atoms with Gasteiger partial charge in [-0.25, -0.2) is 0 Å². The Balaban J connectivity index is 3.63. The van der Waals surface area contributed by atoms with Crippen LogP contribution in [0.15, 0.2) is 36.5 Å². The van der Waals surface area contributed by atoms with E-state index in [1.807, 2.05) is 6.08 Å². The van der Waals surface area contributed by atoms with Gasteiger partial charge in [0.15, 0.2) is 0 Å². The van der Waals surface area contributed by atoms with Gasteiger partial charge >= 0.3 is 0 Å². The molecule has 5 heteroatoms. The number of hydrogen-bond acceptors (Lipinski definition) is 4. The van der Waals surface area contributed by atoms with Crippen LogP contribution in [0.4, 0.5) is 0 Å². The van der Waals surface area contributed by atoms with Gasteiger partial charge in [-0.1, -0.05) is 198 Å². The van der Waals surface area contributed by atoms with Crippen molar-refractivity contribution in [2.24, 2.45) is 0 Å². The Kier molecular flexibility index (Phi) is 40.2. The predicted molar refractivity (Wildman–Crippen MR) is 222 cm³/mol. The summed E-state index contributed by atoms with van der Waals surface area (Å²) in [5.41, 5.74) is 0. The van der Waals surface area contributed by atoms with E-state index in [9.17, 15) is 20.1 Å². The summed E-state index contributed by atoms with van der Waals surface area (Å²) in [6, 6.07) is -0.760. The van der Waals surface area contributed by atoms with Crippen LogP contribution in [0.3, 0.4) is 0 Å². The molecule has 0 aromatic carbocycles. The van der Waals surface area contributed by atoms with Crippen molar-refractivity contribution in [2.45, 2.75) is 244 Å². The predicted octanol–water partition coefficient (Wildman–Crippen LogP) is 12.8. The van der Waals surface area contributed by atoms with Crippen LogP contribution in [0.1, 0.15) is 226 Å². The lowest BCUT2D eigenvalue weighted by Crippen LogP contribution is -2.45. The summed E-state index contributed by atoms with van der Waals surface area (Å²) in [6.45, 7) is 4.18.